The van der Waals surface area contributed by atoms with Crippen molar-refractivity contribution in [1.29, 1.82) is 0 Å². The van der Waals surface area contributed by atoms with Gasteiger partial charge in [-0.1, -0.05) is 94.4 Å². The number of aromatic nitrogens is 2. The largest absolute Gasteiger partial charge is 0.328 e. The van der Waals surface area contributed by atoms with Crippen LogP contribution in [0, 0.1) is 20.8 Å². The third kappa shape index (κ3) is 15.5. The van der Waals surface area contributed by atoms with Crippen molar-refractivity contribution in [2.75, 3.05) is 6.26 Å². The molecule has 0 unspecified atom stereocenters. The molecule has 1 aromatic heterocycles. The van der Waals surface area contributed by atoms with Crippen LogP contribution in [-0.2, 0) is 16.6 Å². The van der Waals surface area contributed by atoms with E-state index in [1.165, 1.54) is 11.3 Å². The molecule has 0 amide bonds. The van der Waals surface area contributed by atoms with E-state index in [0.29, 0.717) is 0 Å². The molecule has 0 aliphatic rings. The summed E-state index contributed by atoms with van der Waals surface area (Å²) in [5, 5.41) is 4.33. The Morgan fingerprint density at radius 1 is 0.800 bits per heavy atom. The highest BCUT2D eigenvalue weighted by Gasteiger charge is 2.06. The summed E-state index contributed by atoms with van der Waals surface area (Å²) >= 11 is 0. The molecule has 168 valence electrons. The second-order valence-corrected chi connectivity index (χ2v) is 7.54. The fourth-order valence-electron chi connectivity index (χ4n) is 2.21. The number of benzene rings is 2. The molecule has 3 aromatic rings. The van der Waals surface area contributed by atoms with Gasteiger partial charge < -0.3 is 4.57 Å². The van der Waals surface area contributed by atoms with E-state index in [9.17, 15) is 8.42 Å². The fraction of sp³-hybridized carbons (Fsp3) is 0.375. The molecule has 0 atom stereocenters. The number of hydrogen-bond acceptors (Lipinski definition) is 3. The number of sulfonamides is 1. The highest BCUT2D eigenvalue weighted by Crippen LogP contribution is 2.12. The molecule has 0 saturated carbocycles. The van der Waals surface area contributed by atoms with Gasteiger partial charge in [0.05, 0.1) is 11.9 Å². The molecule has 30 heavy (non-hydrogen) atoms. The predicted octanol–water partition coefficient (Wildman–Crippen LogP) is 5.50. The molecule has 0 spiro atoms. The zero-order chi connectivity index (χ0) is 23.6. The Morgan fingerprint density at radius 2 is 1.13 bits per heavy atom. The van der Waals surface area contributed by atoms with Gasteiger partial charge in [-0.05, 0) is 26.3 Å². The standard InChI is InChI=1S/C13H16N2.C6H6.2C2H6.CH5NO2S/c1-10-11(2)15(12(3)14-10)9-13-7-5-4-6-8-13;1-2-4-6-5-3-1;2*1-2;1-5(2,3)4/h4-8H,9H2,1-3H3;1-6H;2*1-2H3;1H3,(H2,2,3,4). The number of aryl methyl sites for hydroxylation is 2. The molecular formula is C24H39N3O2S. The molecule has 6 heteroatoms. The maximum absolute atomic E-state index is 9.41. The number of rotatable bonds is 2. The van der Waals surface area contributed by atoms with Crippen LogP contribution in [0.2, 0.25) is 0 Å². The first kappa shape index (κ1) is 29.8. The van der Waals surface area contributed by atoms with E-state index >= 15 is 0 Å². The summed E-state index contributed by atoms with van der Waals surface area (Å²) in [4.78, 5) is 4.47. The van der Waals surface area contributed by atoms with E-state index < -0.39 is 10.0 Å². The Balaban J connectivity index is 0. The average molecular weight is 434 g/mol. The highest BCUT2D eigenvalue weighted by molar-refractivity contribution is 7.88. The van der Waals surface area contributed by atoms with E-state index in [0.717, 1.165) is 24.3 Å². The van der Waals surface area contributed by atoms with E-state index in [-0.39, 0.29) is 0 Å². The first-order chi connectivity index (χ1) is 14.2. The lowest BCUT2D eigenvalue weighted by Crippen LogP contribution is -2.07. The van der Waals surface area contributed by atoms with Crippen LogP contribution in [0.5, 0.6) is 0 Å². The van der Waals surface area contributed by atoms with Crippen LogP contribution < -0.4 is 5.14 Å². The second kappa shape index (κ2) is 17.4. The van der Waals surface area contributed by atoms with Gasteiger partial charge >= 0.3 is 0 Å². The van der Waals surface area contributed by atoms with Gasteiger partial charge in [0.15, 0.2) is 0 Å². The number of nitrogens with two attached hydrogens (primary N) is 1. The van der Waals surface area contributed by atoms with Gasteiger partial charge in [-0.15, -0.1) is 0 Å². The lowest BCUT2D eigenvalue weighted by atomic mass is 10.2. The quantitative estimate of drug-likeness (QED) is 0.579. The van der Waals surface area contributed by atoms with Crippen LogP contribution in [0.15, 0.2) is 66.7 Å². The summed E-state index contributed by atoms with van der Waals surface area (Å²) in [5.41, 5.74) is 3.71. The summed E-state index contributed by atoms with van der Waals surface area (Å²) in [5.74, 6) is 1.09. The molecule has 1 heterocycles. The van der Waals surface area contributed by atoms with Crippen LogP contribution in [-0.4, -0.2) is 24.2 Å². The van der Waals surface area contributed by atoms with Crippen molar-refractivity contribution < 1.29 is 8.42 Å². The fourth-order valence-corrected chi connectivity index (χ4v) is 2.21. The molecule has 3 rings (SSSR count). The normalized spacial score (nSPS) is 9.23. The first-order valence-corrected chi connectivity index (χ1v) is 12.2. The van der Waals surface area contributed by atoms with Crippen LogP contribution in [0.4, 0.5) is 0 Å². The van der Waals surface area contributed by atoms with Crippen molar-refractivity contribution in [3.63, 3.8) is 0 Å². The molecule has 2 N–H and O–H groups in total. The number of primary sulfonamides is 1. The van der Waals surface area contributed by atoms with Crippen molar-refractivity contribution in [3.05, 3.63) is 89.5 Å². The number of hydrogen-bond donors (Lipinski definition) is 1. The molecule has 0 saturated heterocycles. The van der Waals surface area contributed by atoms with E-state index in [4.69, 9.17) is 0 Å². The van der Waals surface area contributed by atoms with Crippen molar-refractivity contribution in [3.8, 4) is 0 Å². The summed E-state index contributed by atoms with van der Waals surface area (Å²) in [6.45, 7) is 15.2. The Hall–Kier alpha value is -2.44. The van der Waals surface area contributed by atoms with Crippen LogP contribution in [0.1, 0.15) is 50.5 Å². The zero-order valence-electron chi connectivity index (χ0n) is 19.8. The lowest BCUT2D eigenvalue weighted by Gasteiger charge is -2.07. The highest BCUT2D eigenvalue weighted by atomic mass is 32.2. The summed E-state index contributed by atoms with van der Waals surface area (Å²) in [6, 6.07) is 22.5. The van der Waals surface area contributed by atoms with Crippen molar-refractivity contribution >= 4 is 10.0 Å². The SMILES string of the molecule is CC.CC.CS(N)(=O)=O.Cc1nc(C)n(Cc2ccccc2)c1C.c1ccccc1. The minimum absolute atomic E-state index is 0.916. The molecule has 0 aliphatic heterocycles. The first-order valence-electron chi connectivity index (χ1n) is 10.2. The number of imidazole rings is 1. The third-order valence-electron chi connectivity index (χ3n) is 3.50. The van der Waals surface area contributed by atoms with Crippen molar-refractivity contribution in [1.82, 2.24) is 9.55 Å². The molecule has 0 bridgehead atoms. The second-order valence-electron chi connectivity index (χ2n) is 5.89. The minimum atomic E-state index is -3.17. The minimum Gasteiger partial charge on any atom is -0.328 e. The zero-order valence-corrected chi connectivity index (χ0v) is 20.6. The van der Waals surface area contributed by atoms with Crippen LogP contribution in [0.3, 0.4) is 0 Å². The maximum Gasteiger partial charge on any atom is 0.206 e. The summed E-state index contributed by atoms with van der Waals surface area (Å²) < 4.78 is 21.1. The van der Waals surface area contributed by atoms with Gasteiger partial charge in [-0.2, -0.15) is 0 Å². The summed E-state index contributed by atoms with van der Waals surface area (Å²) in [7, 11) is -3.17. The van der Waals surface area contributed by atoms with Crippen LogP contribution >= 0.6 is 0 Å². The molecule has 0 fully saturated rings. The molecule has 5 nitrogen and oxygen atoms in total. The number of nitrogens with zero attached hydrogens (tertiary/aromatic N) is 2. The Labute approximate surface area is 184 Å². The molecule has 0 radical (unpaired) electrons. The average Bonchev–Trinajstić information content (AvgIpc) is 2.98. The summed E-state index contributed by atoms with van der Waals surface area (Å²) in [6.07, 6.45) is 0.938. The van der Waals surface area contributed by atoms with Crippen LogP contribution in [0.25, 0.3) is 0 Å². The van der Waals surface area contributed by atoms with E-state index in [1.807, 2.05) is 70.2 Å². The lowest BCUT2D eigenvalue weighted by molar-refractivity contribution is 0.603. The van der Waals surface area contributed by atoms with E-state index in [1.54, 1.807) is 0 Å². The molecule has 0 aliphatic carbocycles. The maximum atomic E-state index is 9.41. The smallest absolute Gasteiger partial charge is 0.206 e. The van der Waals surface area contributed by atoms with Gasteiger partial charge in [0.2, 0.25) is 10.0 Å². The Bertz CT molecular complexity index is 841. The van der Waals surface area contributed by atoms with Gasteiger partial charge in [0.25, 0.3) is 0 Å². The molecular weight excluding hydrogens is 394 g/mol. The van der Waals surface area contributed by atoms with Gasteiger partial charge in [0.1, 0.15) is 5.82 Å². The predicted molar refractivity (Wildman–Crippen MR) is 130 cm³/mol. The third-order valence-corrected chi connectivity index (χ3v) is 3.50. The van der Waals surface area contributed by atoms with Gasteiger partial charge in [-0.25, -0.2) is 18.5 Å². The van der Waals surface area contributed by atoms with Gasteiger partial charge in [0, 0.05) is 12.2 Å². The molecule has 2 aromatic carbocycles. The Morgan fingerprint density at radius 3 is 1.43 bits per heavy atom. The van der Waals surface area contributed by atoms with Gasteiger partial charge in [-0.3, -0.25) is 0 Å². The van der Waals surface area contributed by atoms with E-state index in [2.05, 4.69) is 59.7 Å². The van der Waals surface area contributed by atoms with Crippen molar-refractivity contribution in [2.45, 2.75) is 55.0 Å². The topological polar surface area (TPSA) is 78.0 Å². The van der Waals surface area contributed by atoms with Crippen molar-refractivity contribution in [2.24, 2.45) is 5.14 Å². The monoisotopic (exact) mass is 433 g/mol. The Kier molecular flexibility index (Phi) is 17.3.